The molecule has 11 fully saturated rings. The second-order valence-corrected chi connectivity index (χ2v) is 25.8. The largest absolute Gasteiger partial charge is 0.103 e. The second-order valence-electron chi connectivity index (χ2n) is 25.8. The fourth-order valence-corrected chi connectivity index (χ4v) is 19.1. The van der Waals surface area contributed by atoms with Crippen LogP contribution in [-0.2, 0) is 0 Å². The molecule has 22 unspecified atom stereocenters. The van der Waals surface area contributed by atoms with Crippen molar-refractivity contribution in [1.29, 1.82) is 0 Å². The summed E-state index contributed by atoms with van der Waals surface area (Å²) in [7, 11) is 0. The molecule has 0 heteroatoms. The minimum Gasteiger partial charge on any atom is -0.103 e. The molecule has 12 aliphatic carbocycles. The standard InChI is InChI=1S/C23H36.C16H30.C16H24.C7H10.H2/c1-12-14-3-5-16(9-14)20(12)22-18-7-8-19(11-18)23(22)21-13(2)15-4-6-17(21)10-15;2*1-3-13-5-7-15(11-13)9-10-16-8-6-14(4-2)12-16;1-2-7-4-3-6(1)5-7;/h12-23H,3-11H2,1-2H3;13-16H,3-12H2,1-2H3;3-4,9-10,13-16H,1-2,5-8,11-12H2;1-2,6-7H,3-5H2;1H/b;;10-9+;;. The van der Waals surface area contributed by atoms with Gasteiger partial charge in [0.1, 0.15) is 0 Å². The van der Waals surface area contributed by atoms with Crippen molar-refractivity contribution in [3.8, 4) is 0 Å². The molecule has 0 amide bonds. The summed E-state index contributed by atoms with van der Waals surface area (Å²) >= 11 is 0. The minimum atomic E-state index is 0. The number of fused-ring (bicyclic) bond motifs is 8. The highest BCUT2D eigenvalue weighted by Gasteiger charge is 2.62. The van der Waals surface area contributed by atoms with Crippen molar-refractivity contribution in [2.45, 2.75) is 207 Å². The lowest BCUT2D eigenvalue weighted by molar-refractivity contribution is 0.00707. The van der Waals surface area contributed by atoms with E-state index >= 15 is 0 Å². The maximum Gasteiger partial charge on any atom is 0 e. The lowest BCUT2D eigenvalue weighted by Gasteiger charge is -2.47. The third-order valence-corrected chi connectivity index (χ3v) is 22.7. The van der Waals surface area contributed by atoms with Crippen LogP contribution in [0.5, 0.6) is 0 Å². The Morgan fingerprint density at radius 3 is 1.06 bits per heavy atom. The van der Waals surface area contributed by atoms with Crippen LogP contribution in [0.2, 0.25) is 0 Å². The molecule has 62 heavy (non-hydrogen) atoms. The first kappa shape index (κ1) is 46.1. The van der Waals surface area contributed by atoms with Crippen molar-refractivity contribution in [2.75, 3.05) is 0 Å². The SMILES string of the molecule is C1=CC2CCC1C2.C=CC1CCC(/C=C/C2CCC(C=C)C2)C1.CC1C2CCC(C2)C1C1C2CCC(C2)C1C1C2CCC(C2)C1C.CCC1CCC(CCC2CCC(CC)C2)C1.[HH]. The third kappa shape index (κ3) is 10.4. The molecule has 0 heterocycles. The number of rotatable bonds is 11. The van der Waals surface area contributed by atoms with E-state index in [1.807, 2.05) is 0 Å². The average Bonchev–Trinajstić information content (AvgIpc) is 4.15. The Hall–Kier alpha value is -1.04. The van der Waals surface area contributed by atoms with Crippen molar-refractivity contribution < 1.29 is 1.43 Å². The van der Waals surface area contributed by atoms with Crippen molar-refractivity contribution in [2.24, 2.45) is 130 Å². The van der Waals surface area contributed by atoms with Gasteiger partial charge in [-0.25, -0.2) is 0 Å². The zero-order chi connectivity index (χ0) is 42.7. The first-order valence-electron chi connectivity index (χ1n) is 28.9. The van der Waals surface area contributed by atoms with E-state index in [1.54, 1.807) is 96.3 Å². The molecule has 0 aromatic heterocycles. The van der Waals surface area contributed by atoms with E-state index in [4.69, 9.17) is 0 Å². The van der Waals surface area contributed by atoms with Gasteiger partial charge in [-0.3, -0.25) is 0 Å². The minimum absolute atomic E-state index is 0. The Labute approximate surface area is 387 Å². The fourth-order valence-electron chi connectivity index (χ4n) is 19.1. The molecule has 0 saturated heterocycles. The molecule has 0 spiro atoms. The Balaban J connectivity index is 0.000000122. The van der Waals surface area contributed by atoms with E-state index < -0.39 is 0 Å². The van der Waals surface area contributed by atoms with Crippen LogP contribution in [0.15, 0.2) is 49.6 Å². The molecule has 350 valence electrons. The second kappa shape index (κ2) is 21.3. The summed E-state index contributed by atoms with van der Waals surface area (Å²) in [6, 6.07) is 0. The van der Waals surface area contributed by atoms with Gasteiger partial charge in [0.05, 0.1) is 0 Å². The summed E-state index contributed by atoms with van der Waals surface area (Å²) in [6.45, 7) is 17.9. The van der Waals surface area contributed by atoms with Gasteiger partial charge in [0, 0.05) is 1.43 Å². The highest BCUT2D eigenvalue weighted by atomic mass is 14.7. The molecule has 12 rings (SSSR count). The lowest BCUT2D eigenvalue weighted by atomic mass is 9.58. The molecular weight excluding hydrogens is 745 g/mol. The number of hydrogen-bond donors (Lipinski definition) is 0. The van der Waals surface area contributed by atoms with E-state index in [9.17, 15) is 0 Å². The van der Waals surface area contributed by atoms with Gasteiger partial charge >= 0.3 is 0 Å². The lowest BCUT2D eigenvalue weighted by Crippen LogP contribution is -2.42. The smallest absolute Gasteiger partial charge is 0 e. The van der Waals surface area contributed by atoms with E-state index in [0.717, 1.165) is 118 Å². The summed E-state index contributed by atoms with van der Waals surface area (Å²) in [6.07, 6.45) is 56.2. The molecule has 0 N–H and O–H groups in total. The monoisotopic (exact) mass is 847 g/mol. The van der Waals surface area contributed by atoms with Crippen molar-refractivity contribution in [3.05, 3.63) is 49.6 Å². The van der Waals surface area contributed by atoms with Crippen molar-refractivity contribution in [1.82, 2.24) is 0 Å². The molecule has 11 saturated carbocycles. The highest BCUT2D eigenvalue weighted by molar-refractivity contribution is 5.11. The molecule has 0 aromatic carbocycles. The van der Waals surface area contributed by atoms with Gasteiger partial charge in [-0.05, 0) is 259 Å². The highest BCUT2D eigenvalue weighted by Crippen LogP contribution is 2.69. The normalized spacial score (nSPS) is 49.9. The fraction of sp³-hybridized carbons (Fsp3) is 0.871. The predicted molar refractivity (Wildman–Crippen MR) is 270 cm³/mol. The molecule has 0 radical (unpaired) electrons. The Morgan fingerprint density at radius 2 is 0.758 bits per heavy atom. The van der Waals surface area contributed by atoms with E-state index in [1.165, 1.54) is 95.3 Å². The molecule has 0 aromatic rings. The van der Waals surface area contributed by atoms with Crippen LogP contribution in [0.1, 0.15) is 209 Å². The van der Waals surface area contributed by atoms with Gasteiger partial charge in [0.15, 0.2) is 0 Å². The summed E-state index contributed by atoms with van der Waals surface area (Å²) in [5.74, 6) is 23.2. The zero-order valence-corrected chi connectivity index (χ0v) is 41.4. The Morgan fingerprint density at radius 1 is 0.387 bits per heavy atom. The van der Waals surface area contributed by atoms with Crippen molar-refractivity contribution in [3.63, 3.8) is 0 Å². The first-order chi connectivity index (χ1) is 30.3. The third-order valence-electron chi connectivity index (χ3n) is 22.7. The van der Waals surface area contributed by atoms with Gasteiger partial charge < -0.3 is 0 Å². The summed E-state index contributed by atoms with van der Waals surface area (Å²) < 4.78 is 0. The van der Waals surface area contributed by atoms with Crippen LogP contribution in [0.4, 0.5) is 0 Å². The molecule has 0 nitrogen and oxygen atoms in total. The van der Waals surface area contributed by atoms with Gasteiger partial charge in [0.25, 0.3) is 0 Å². The zero-order valence-electron chi connectivity index (χ0n) is 41.4. The topological polar surface area (TPSA) is 0 Å². The number of hydrogen-bond acceptors (Lipinski definition) is 0. The van der Waals surface area contributed by atoms with Crippen LogP contribution in [-0.4, -0.2) is 0 Å². The Kier molecular flexibility index (Phi) is 15.8. The molecule has 22 atom stereocenters. The van der Waals surface area contributed by atoms with Crippen LogP contribution in [0.3, 0.4) is 0 Å². The van der Waals surface area contributed by atoms with E-state index in [-0.39, 0.29) is 1.43 Å². The van der Waals surface area contributed by atoms with Gasteiger partial charge in [-0.15, -0.1) is 13.2 Å². The van der Waals surface area contributed by atoms with E-state index in [2.05, 4.69) is 77.3 Å². The molecular formula is C62H102. The van der Waals surface area contributed by atoms with Crippen LogP contribution >= 0.6 is 0 Å². The number of allylic oxidation sites excluding steroid dienone is 6. The first-order valence-corrected chi connectivity index (χ1v) is 28.9. The quantitative estimate of drug-likeness (QED) is 0.182. The maximum absolute atomic E-state index is 3.90. The molecule has 8 bridgehead atoms. The van der Waals surface area contributed by atoms with Crippen LogP contribution in [0, 0.1) is 130 Å². The maximum atomic E-state index is 3.90. The average molecular weight is 847 g/mol. The van der Waals surface area contributed by atoms with Gasteiger partial charge in [-0.1, -0.05) is 116 Å². The predicted octanol–water partition coefficient (Wildman–Crippen LogP) is 18.4. The summed E-state index contributed by atoms with van der Waals surface area (Å²) in [5.41, 5.74) is 0. The molecule has 12 aliphatic rings. The van der Waals surface area contributed by atoms with Gasteiger partial charge in [-0.2, -0.15) is 0 Å². The summed E-state index contributed by atoms with van der Waals surface area (Å²) in [5, 5.41) is 0. The summed E-state index contributed by atoms with van der Waals surface area (Å²) in [4.78, 5) is 0. The van der Waals surface area contributed by atoms with Crippen LogP contribution in [0.25, 0.3) is 0 Å². The van der Waals surface area contributed by atoms with Gasteiger partial charge in [0.2, 0.25) is 0 Å². The van der Waals surface area contributed by atoms with Crippen molar-refractivity contribution >= 4 is 0 Å². The Bertz CT molecular complexity index is 1380. The van der Waals surface area contributed by atoms with E-state index in [0.29, 0.717) is 0 Å². The molecule has 0 aliphatic heterocycles. The van der Waals surface area contributed by atoms with Crippen LogP contribution < -0.4 is 0 Å².